The molecule has 1 heterocycles. The number of nitrogens with one attached hydrogen (secondary N) is 1. The Morgan fingerprint density at radius 1 is 0.955 bits per heavy atom. The third-order valence-corrected chi connectivity index (χ3v) is 4.79. The van der Waals surface area contributed by atoms with Crippen molar-refractivity contribution >= 4 is 26.6 Å². The molecule has 0 aliphatic rings. The zero-order chi connectivity index (χ0) is 15.6. The molecular weight excluding hydrogens is 296 g/mol. The van der Waals surface area contributed by atoms with Crippen molar-refractivity contribution in [1.29, 1.82) is 0 Å². The fourth-order valence-corrected chi connectivity index (χ4v) is 3.30. The van der Waals surface area contributed by atoms with Gasteiger partial charge in [-0.3, -0.25) is 4.72 Å². The number of aryl methyl sites for hydroxylation is 1. The van der Waals surface area contributed by atoms with Gasteiger partial charge in [0.15, 0.2) is 0 Å². The summed E-state index contributed by atoms with van der Waals surface area (Å²) in [5.74, 6) is 0.340. The Bertz CT molecular complexity index is 921. The number of sulfonamides is 1. The number of hydrogen-bond donors (Lipinski definition) is 1. The minimum absolute atomic E-state index is 0.231. The SMILES string of the molecule is CCc1cccc(NS(=O)(=O)c2ccc3ccccc3c2)n1. The molecule has 1 N–H and O–H groups in total. The van der Waals surface area contributed by atoms with Gasteiger partial charge in [-0.2, -0.15) is 0 Å². The Morgan fingerprint density at radius 2 is 1.73 bits per heavy atom. The van der Waals surface area contributed by atoms with Crippen LogP contribution in [0.1, 0.15) is 12.6 Å². The molecule has 0 amide bonds. The average molecular weight is 312 g/mol. The van der Waals surface area contributed by atoms with Crippen molar-refractivity contribution in [3.05, 3.63) is 66.4 Å². The van der Waals surface area contributed by atoms with Crippen molar-refractivity contribution in [3.8, 4) is 0 Å². The summed E-state index contributed by atoms with van der Waals surface area (Å²) in [5, 5.41) is 1.90. The fourth-order valence-electron chi connectivity index (χ4n) is 2.26. The molecule has 0 saturated heterocycles. The van der Waals surface area contributed by atoms with Crippen LogP contribution in [0.15, 0.2) is 65.6 Å². The second-order valence-electron chi connectivity index (χ2n) is 4.98. The van der Waals surface area contributed by atoms with E-state index in [0.717, 1.165) is 22.9 Å². The van der Waals surface area contributed by atoms with E-state index in [9.17, 15) is 8.42 Å². The lowest BCUT2D eigenvalue weighted by Gasteiger charge is -2.09. The number of pyridine rings is 1. The summed E-state index contributed by atoms with van der Waals surface area (Å²) in [7, 11) is -3.64. The minimum Gasteiger partial charge on any atom is -0.263 e. The van der Waals surface area contributed by atoms with E-state index in [1.54, 1.807) is 30.3 Å². The van der Waals surface area contributed by atoms with Gasteiger partial charge in [0, 0.05) is 5.69 Å². The largest absolute Gasteiger partial charge is 0.263 e. The van der Waals surface area contributed by atoms with Crippen LogP contribution < -0.4 is 4.72 Å². The van der Waals surface area contributed by atoms with Gasteiger partial charge in [-0.1, -0.05) is 43.3 Å². The monoisotopic (exact) mass is 312 g/mol. The lowest BCUT2D eigenvalue weighted by Crippen LogP contribution is -2.14. The molecule has 0 spiro atoms. The molecule has 1 aromatic heterocycles. The molecule has 4 nitrogen and oxygen atoms in total. The Kier molecular flexibility index (Phi) is 3.81. The van der Waals surface area contributed by atoms with E-state index in [4.69, 9.17) is 0 Å². The second kappa shape index (κ2) is 5.77. The molecule has 0 radical (unpaired) electrons. The highest BCUT2D eigenvalue weighted by Gasteiger charge is 2.15. The lowest BCUT2D eigenvalue weighted by atomic mass is 10.1. The van der Waals surface area contributed by atoms with Crippen molar-refractivity contribution in [1.82, 2.24) is 4.98 Å². The molecule has 0 aliphatic carbocycles. The van der Waals surface area contributed by atoms with Gasteiger partial charge in [0.1, 0.15) is 5.82 Å². The van der Waals surface area contributed by atoms with Crippen molar-refractivity contribution < 1.29 is 8.42 Å². The summed E-state index contributed by atoms with van der Waals surface area (Å²) in [6, 6.07) is 18.0. The van der Waals surface area contributed by atoms with Crippen molar-refractivity contribution in [2.24, 2.45) is 0 Å². The highest BCUT2D eigenvalue weighted by atomic mass is 32.2. The van der Waals surface area contributed by atoms with E-state index in [1.165, 1.54) is 0 Å². The molecule has 0 saturated carbocycles. The summed E-state index contributed by atoms with van der Waals surface area (Å²) in [5.41, 5.74) is 0.846. The van der Waals surface area contributed by atoms with E-state index in [0.29, 0.717) is 5.82 Å². The van der Waals surface area contributed by atoms with Crippen LogP contribution in [0, 0.1) is 0 Å². The molecule has 3 aromatic rings. The normalized spacial score (nSPS) is 11.5. The summed E-state index contributed by atoms with van der Waals surface area (Å²) in [4.78, 5) is 4.51. The predicted octanol–water partition coefficient (Wildman–Crippen LogP) is 3.60. The first-order valence-electron chi connectivity index (χ1n) is 7.06. The number of aromatic nitrogens is 1. The standard InChI is InChI=1S/C17H16N2O2S/c1-2-15-8-5-9-17(18-15)19-22(20,21)16-11-10-13-6-3-4-7-14(13)12-16/h3-12H,2H2,1H3,(H,18,19). The van der Waals surface area contributed by atoms with Crippen LogP contribution in [0.4, 0.5) is 5.82 Å². The zero-order valence-electron chi connectivity index (χ0n) is 12.2. The topological polar surface area (TPSA) is 59.1 Å². The molecule has 0 fully saturated rings. The van der Waals surface area contributed by atoms with Gasteiger partial charge in [0.25, 0.3) is 10.0 Å². The predicted molar refractivity (Wildman–Crippen MR) is 88.4 cm³/mol. The summed E-state index contributed by atoms with van der Waals surface area (Å²) < 4.78 is 27.5. The number of rotatable bonds is 4. The highest BCUT2D eigenvalue weighted by Crippen LogP contribution is 2.20. The Labute approximate surface area is 129 Å². The number of hydrogen-bond acceptors (Lipinski definition) is 3. The molecule has 0 unspecified atom stereocenters. The van der Waals surface area contributed by atoms with Gasteiger partial charge in [-0.25, -0.2) is 13.4 Å². The van der Waals surface area contributed by atoms with E-state index in [-0.39, 0.29) is 4.90 Å². The van der Waals surface area contributed by atoms with Crippen LogP contribution in [0.3, 0.4) is 0 Å². The second-order valence-corrected chi connectivity index (χ2v) is 6.66. The molecule has 112 valence electrons. The van der Waals surface area contributed by atoms with E-state index in [2.05, 4.69) is 9.71 Å². The molecule has 0 bridgehead atoms. The van der Waals surface area contributed by atoms with Crippen LogP contribution in [-0.4, -0.2) is 13.4 Å². The number of fused-ring (bicyclic) bond motifs is 1. The van der Waals surface area contributed by atoms with Crippen molar-refractivity contribution in [2.75, 3.05) is 4.72 Å². The van der Waals surface area contributed by atoms with Gasteiger partial charge in [-0.15, -0.1) is 0 Å². The maximum absolute atomic E-state index is 12.5. The summed E-state index contributed by atoms with van der Waals surface area (Å²) >= 11 is 0. The quantitative estimate of drug-likeness (QED) is 0.801. The van der Waals surface area contributed by atoms with Gasteiger partial charge >= 0.3 is 0 Å². The van der Waals surface area contributed by atoms with E-state index in [1.807, 2.05) is 37.3 Å². The number of anilines is 1. The number of benzene rings is 2. The smallest absolute Gasteiger partial charge is 0.263 e. The molecule has 0 atom stereocenters. The molecule has 5 heteroatoms. The first-order valence-corrected chi connectivity index (χ1v) is 8.54. The molecule has 3 rings (SSSR count). The number of nitrogens with zero attached hydrogens (tertiary/aromatic N) is 1. The third kappa shape index (κ3) is 2.94. The van der Waals surface area contributed by atoms with Crippen LogP contribution >= 0.6 is 0 Å². The maximum atomic E-state index is 12.5. The fraction of sp³-hybridized carbons (Fsp3) is 0.118. The molecule has 22 heavy (non-hydrogen) atoms. The molecular formula is C17H16N2O2S. The minimum atomic E-state index is -3.64. The van der Waals surface area contributed by atoms with Crippen LogP contribution in [-0.2, 0) is 16.4 Å². The summed E-state index contributed by atoms with van der Waals surface area (Å²) in [6.45, 7) is 1.98. The van der Waals surface area contributed by atoms with E-state index < -0.39 is 10.0 Å². The molecule has 0 aliphatic heterocycles. The first-order chi connectivity index (χ1) is 10.6. The lowest BCUT2D eigenvalue weighted by molar-refractivity contribution is 0.601. The van der Waals surface area contributed by atoms with Crippen LogP contribution in [0.2, 0.25) is 0 Å². The van der Waals surface area contributed by atoms with Gasteiger partial charge in [-0.05, 0) is 41.5 Å². The molecule has 2 aromatic carbocycles. The van der Waals surface area contributed by atoms with Gasteiger partial charge in [0.05, 0.1) is 4.90 Å². The first kappa shape index (κ1) is 14.5. The van der Waals surface area contributed by atoms with E-state index >= 15 is 0 Å². The summed E-state index contributed by atoms with van der Waals surface area (Å²) in [6.07, 6.45) is 0.755. The Balaban J connectivity index is 1.96. The third-order valence-electron chi connectivity index (χ3n) is 3.44. The Hall–Kier alpha value is -2.40. The van der Waals surface area contributed by atoms with Crippen molar-refractivity contribution in [2.45, 2.75) is 18.2 Å². The van der Waals surface area contributed by atoms with Crippen molar-refractivity contribution in [3.63, 3.8) is 0 Å². The van der Waals surface area contributed by atoms with Gasteiger partial charge in [0.2, 0.25) is 0 Å². The van der Waals surface area contributed by atoms with Gasteiger partial charge < -0.3 is 0 Å². The Morgan fingerprint density at radius 3 is 2.50 bits per heavy atom. The zero-order valence-corrected chi connectivity index (χ0v) is 13.0. The highest BCUT2D eigenvalue weighted by molar-refractivity contribution is 7.92. The van der Waals surface area contributed by atoms with Crippen LogP contribution in [0.5, 0.6) is 0 Å². The van der Waals surface area contributed by atoms with Crippen LogP contribution in [0.25, 0.3) is 10.8 Å². The average Bonchev–Trinajstić information content (AvgIpc) is 2.54. The maximum Gasteiger partial charge on any atom is 0.263 e.